The van der Waals surface area contributed by atoms with Crippen LogP contribution in [0, 0.1) is 17.6 Å². The summed E-state index contributed by atoms with van der Waals surface area (Å²) in [5.74, 6) is -1.62. The van der Waals surface area contributed by atoms with Gasteiger partial charge in [-0.15, -0.1) is 6.58 Å². The summed E-state index contributed by atoms with van der Waals surface area (Å²) < 4.78 is 38.2. The van der Waals surface area contributed by atoms with Gasteiger partial charge in [0.2, 0.25) is 0 Å². The monoisotopic (exact) mass is 337 g/mol. The van der Waals surface area contributed by atoms with Crippen molar-refractivity contribution < 1.29 is 23.0 Å². The summed E-state index contributed by atoms with van der Waals surface area (Å²) in [6.07, 6.45) is 3.30. The normalized spacial score (nSPS) is 26.2. The van der Waals surface area contributed by atoms with E-state index in [9.17, 15) is 13.6 Å². The average molecular weight is 337 g/mol. The highest BCUT2D eigenvalue weighted by Crippen LogP contribution is 2.35. The zero-order valence-electron chi connectivity index (χ0n) is 13.4. The van der Waals surface area contributed by atoms with E-state index in [-0.39, 0.29) is 29.5 Å². The van der Waals surface area contributed by atoms with Gasteiger partial charge in [-0.3, -0.25) is 4.79 Å². The summed E-state index contributed by atoms with van der Waals surface area (Å²) in [7, 11) is 0. The molecule has 0 aromatic heterocycles. The van der Waals surface area contributed by atoms with E-state index in [4.69, 9.17) is 9.47 Å². The number of nitrogens with zero attached hydrogens (tertiary/aromatic N) is 1. The number of halogens is 2. The number of ether oxygens (including phenoxy) is 2. The third-order valence-corrected chi connectivity index (χ3v) is 4.66. The predicted octanol–water partition coefficient (Wildman–Crippen LogP) is 2.79. The fraction of sp³-hybridized carbons (Fsp3) is 0.500. The van der Waals surface area contributed by atoms with Crippen LogP contribution in [0.25, 0.3) is 0 Å². The van der Waals surface area contributed by atoms with Gasteiger partial charge < -0.3 is 14.4 Å². The van der Waals surface area contributed by atoms with E-state index >= 15 is 0 Å². The molecule has 4 nitrogen and oxygen atoms in total. The summed E-state index contributed by atoms with van der Waals surface area (Å²) in [4.78, 5) is 14.4. The second kappa shape index (κ2) is 7.40. The summed E-state index contributed by atoms with van der Waals surface area (Å²) in [5.41, 5.74) is 0.0412. The van der Waals surface area contributed by atoms with Crippen molar-refractivity contribution in [2.75, 3.05) is 26.4 Å². The van der Waals surface area contributed by atoms with Crippen molar-refractivity contribution in [2.45, 2.75) is 25.0 Å². The first kappa shape index (κ1) is 17.0. The van der Waals surface area contributed by atoms with Gasteiger partial charge in [-0.05, 0) is 25.0 Å². The van der Waals surface area contributed by atoms with E-state index < -0.39 is 11.6 Å². The van der Waals surface area contributed by atoms with Crippen LogP contribution < -0.4 is 0 Å². The summed E-state index contributed by atoms with van der Waals surface area (Å²) in [6.45, 7) is 5.51. The first-order valence-electron chi connectivity index (χ1n) is 8.17. The summed E-state index contributed by atoms with van der Waals surface area (Å²) in [5, 5.41) is 0. The number of hydrogen-bond donors (Lipinski definition) is 0. The van der Waals surface area contributed by atoms with E-state index in [0.29, 0.717) is 26.4 Å². The molecular formula is C18H21F2NO3. The van der Waals surface area contributed by atoms with E-state index in [1.807, 2.05) is 0 Å². The Morgan fingerprint density at radius 3 is 2.79 bits per heavy atom. The number of carbonyl (C=O) groups is 1. The Morgan fingerprint density at radius 1 is 1.33 bits per heavy atom. The van der Waals surface area contributed by atoms with Crippen LogP contribution in [0.4, 0.5) is 8.78 Å². The minimum Gasteiger partial charge on any atom is -0.377 e. The van der Waals surface area contributed by atoms with Crippen molar-refractivity contribution in [2.24, 2.45) is 5.92 Å². The molecule has 1 aromatic rings. The summed E-state index contributed by atoms with van der Waals surface area (Å²) in [6, 6.07) is 2.85. The standard InChI is InChI=1S/C18H21F2NO3/c1-2-6-23-11-12-3-4-16-17(12)24-7-5-21(16)18(22)13-8-14(19)10-15(20)9-13/h2,8-10,12,16-17H,1,3-7,11H2/t12-,16+,17-/m0/s1. The molecule has 2 fully saturated rings. The molecule has 6 heteroatoms. The molecule has 0 unspecified atom stereocenters. The van der Waals surface area contributed by atoms with Crippen LogP contribution in [-0.2, 0) is 9.47 Å². The first-order valence-corrected chi connectivity index (χ1v) is 8.17. The van der Waals surface area contributed by atoms with Gasteiger partial charge in [0.15, 0.2) is 0 Å². The maximum absolute atomic E-state index is 13.4. The van der Waals surface area contributed by atoms with Crippen LogP contribution in [0.15, 0.2) is 30.9 Å². The quantitative estimate of drug-likeness (QED) is 0.613. The molecule has 0 spiro atoms. The number of benzene rings is 1. The molecule has 24 heavy (non-hydrogen) atoms. The lowest BCUT2D eigenvalue weighted by Crippen LogP contribution is -2.53. The van der Waals surface area contributed by atoms with E-state index in [2.05, 4.69) is 6.58 Å². The van der Waals surface area contributed by atoms with Crippen molar-refractivity contribution in [3.8, 4) is 0 Å². The second-order valence-corrected chi connectivity index (χ2v) is 6.22. The average Bonchev–Trinajstić information content (AvgIpc) is 2.97. The molecule has 0 bridgehead atoms. The van der Waals surface area contributed by atoms with Crippen LogP contribution in [0.5, 0.6) is 0 Å². The van der Waals surface area contributed by atoms with E-state index in [1.54, 1.807) is 11.0 Å². The van der Waals surface area contributed by atoms with Crippen molar-refractivity contribution in [3.63, 3.8) is 0 Å². The smallest absolute Gasteiger partial charge is 0.254 e. The Morgan fingerprint density at radius 2 is 2.08 bits per heavy atom. The van der Waals surface area contributed by atoms with E-state index in [0.717, 1.165) is 31.0 Å². The molecule has 1 saturated carbocycles. The zero-order valence-corrected chi connectivity index (χ0v) is 13.4. The number of fused-ring (bicyclic) bond motifs is 1. The third-order valence-electron chi connectivity index (χ3n) is 4.66. The van der Waals surface area contributed by atoms with Crippen LogP contribution in [-0.4, -0.2) is 49.3 Å². The largest absolute Gasteiger partial charge is 0.377 e. The van der Waals surface area contributed by atoms with Crippen LogP contribution in [0.3, 0.4) is 0 Å². The van der Waals surface area contributed by atoms with Gasteiger partial charge in [0, 0.05) is 24.1 Å². The van der Waals surface area contributed by atoms with Gasteiger partial charge >= 0.3 is 0 Å². The molecule has 130 valence electrons. The molecule has 3 atom stereocenters. The minimum absolute atomic E-state index is 0.0412. The SMILES string of the molecule is C=CCOC[C@@H]1CC[C@@H]2[C@H]1OCCN2C(=O)c1cc(F)cc(F)c1. The lowest BCUT2D eigenvalue weighted by Gasteiger charge is -2.39. The van der Waals surface area contributed by atoms with Gasteiger partial charge in [0.25, 0.3) is 5.91 Å². The fourth-order valence-corrected chi connectivity index (χ4v) is 3.64. The highest BCUT2D eigenvalue weighted by Gasteiger charge is 2.44. The Balaban J connectivity index is 1.72. The molecule has 2 aliphatic rings. The van der Waals surface area contributed by atoms with Gasteiger partial charge in [0.1, 0.15) is 11.6 Å². The third kappa shape index (κ3) is 3.49. The highest BCUT2D eigenvalue weighted by molar-refractivity contribution is 5.94. The van der Waals surface area contributed by atoms with Crippen molar-refractivity contribution in [1.29, 1.82) is 0 Å². The molecule has 1 heterocycles. The lowest BCUT2D eigenvalue weighted by molar-refractivity contribution is -0.0738. The van der Waals surface area contributed by atoms with Crippen molar-refractivity contribution >= 4 is 5.91 Å². The van der Waals surface area contributed by atoms with E-state index in [1.165, 1.54) is 0 Å². The molecule has 0 N–H and O–H groups in total. The molecule has 3 rings (SSSR count). The maximum Gasteiger partial charge on any atom is 0.254 e. The van der Waals surface area contributed by atoms with Crippen LogP contribution in [0.1, 0.15) is 23.2 Å². The number of rotatable bonds is 5. The number of carbonyl (C=O) groups excluding carboxylic acids is 1. The van der Waals surface area contributed by atoms with Gasteiger partial charge in [0.05, 0.1) is 32.0 Å². The van der Waals surface area contributed by atoms with Gasteiger partial charge in [-0.1, -0.05) is 6.08 Å². The second-order valence-electron chi connectivity index (χ2n) is 6.22. The molecule has 0 radical (unpaired) electrons. The van der Waals surface area contributed by atoms with Gasteiger partial charge in [-0.25, -0.2) is 8.78 Å². The minimum atomic E-state index is -0.745. The van der Waals surface area contributed by atoms with Crippen molar-refractivity contribution in [1.82, 2.24) is 4.90 Å². The number of hydrogen-bond acceptors (Lipinski definition) is 3. The Labute approximate surface area is 140 Å². The molecule has 1 aliphatic heterocycles. The maximum atomic E-state index is 13.4. The lowest BCUT2D eigenvalue weighted by atomic mass is 10.0. The number of amides is 1. The topological polar surface area (TPSA) is 38.8 Å². The fourth-order valence-electron chi connectivity index (χ4n) is 3.64. The first-order chi connectivity index (χ1) is 11.6. The summed E-state index contributed by atoms with van der Waals surface area (Å²) >= 11 is 0. The molecule has 1 aliphatic carbocycles. The Bertz CT molecular complexity index is 602. The predicted molar refractivity (Wildman–Crippen MR) is 84.7 cm³/mol. The van der Waals surface area contributed by atoms with Crippen LogP contribution in [0.2, 0.25) is 0 Å². The zero-order chi connectivity index (χ0) is 17.1. The highest BCUT2D eigenvalue weighted by atomic mass is 19.1. The molecule has 1 amide bonds. The number of morpholine rings is 1. The molecule has 1 saturated heterocycles. The van der Waals surface area contributed by atoms with Crippen LogP contribution >= 0.6 is 0 Å². The molecule has 1 aromatic carbocycles. The molecular weight excluding hydrogens is 316 g/mol. The Hall–Kier alpha value is -1.79. The van der Waals surface area contributed by atoms with Crippen molar-refractivity contribution in [3.05, 3.63) is 48.1 Å². The Kier molecular flexibility index (Phi) is 5.26. The van der Waals surface area contributed by atoms with Gasteiger partial charge in [-0.2, -0.15) is 0 Å².